The van der Waals surface area contributed by atoms with Gasteiger partial charge in [0.25, 0.3) is 10.1 Å². The molecule has 1 aromatic carbocycles. The van der Waals surface area contributed by atoms with Gasteiger partial charge in [-0.1, -0.05) is 0 Å². The first-order valence-electron chi connectivity index (χ1n) is 8.25. The average molecular weight is 379 g/mol. The van der Waals surface area contributed by atoms with E-state index in [2.05, 4.69) is 5.32 Å². The molecule has 0 fully saturated rings. The lowest BCUT2D eigenvalue weighted by molar-refractivity contribution is -0.697. The first kappa shape index (κ1) is 19.9. The topological polar surface area (TPSA) is 96.6 Å². The molecule has 2 N–H and O–H groups in total. The third kappa shape index (κ3) is 7.62. The zero-order valence-corrected chi connectivity index (χ0v) is 15.4. The molecule has 1 amide bonds. The number of carbonyl (C=O) groups excluding carboxylic acids is 1. The molecule has 0 aliphatic heterocycles. The Morgan fingerprint density at radius 2 is 1.81 bits per heavy atom. The normalized spacial score (nSPS) is 11.2. The largest absolute Gasteiger partial charge is 0.493 e. The monoisotopic (exact) mass is 379 g/mol. The molecule has 8 heteroatoms. The summed E-state index contributed by atoms with van der Waals surface area (Å²) in [6.45, 7) is 2.78. The molecule has 0 radical (unpaired) electrons. The Hall–Kier alpha value is -2.45. The van der Waals surface area contributed by atoms with E-state index in [0.717, 1.165) is 30.0 Å². The number of amides is 1. The van der Waals surface area contributed by atoms with Crippen LogP contribution in [0.25, 0.3) is 0 Å². The molecule has 2 aromatic rings. The van der Waals surface area contributed by atoms with E-state index >= 15 is 0 Å². The molecule has 0 atom stereocenters. The fourth-order valence-electron chi connectivity index (χ4n) is 2.33. The Kier molecular flexibility index (Phi) is 7.11. The van der Waals surface area contributed by atoms with Crippen molar-refractivity contribution in [1.29, 1.82) is 0 Å². The fraction of sp³-hybridized carbons (Fsp3) is 0.333. The lowest BCUT2D eigenvalue weighted by atomic mass is 10.2. The van der Waals surface area contributed by atoms with Crippen molar-refractivity contribution in [2.75, 3.05) is 17.7 Å². The molecular weight excluding hydrogens is 356 g/mol. The number of aromatic nitrogens is 1. The van der Waals surface area contributed by atoms with E-state index in [1.54, 1.807) is 12.1 Å². The first-order valence-corrected chi connectivity index (χ1v) is 9.86. The van der Waals surface area contributed by atoms with Crippen molar-refractivity contribution < 1.29 is 27.1 Å². The highest BCUT2D eigenvalue weighted by atomic mass is 32.2. The SMILES string of the molecule is CC(=O)Nc1ccc(OCCC[n+]2ccc(CCS(=O)(=O)O)cc2)cc1. The first-order chi connectivity index (χ1) is 12.3. The van der Waals surface area contributed by atoms with Crippen LogP contribution in [-0.2, 0) is 27.9 Å². The molecule has 0 saturated heterocycles. The molecule has 7 nitrogen and oxygen atoms in total. The average Bonchev–Trinajstić information content (AvgIpc) is 2.58. The molecule has 0 bridgehead atoms. The Labute approximate surface area is 153 Å². The number of pyridine rings is 1. The van der Waals surface area contributed by atoms with Crippen LogP contribution in [0.15, 0.2) is 48.8 Å². The minimum Gasteiger partial charge on any atom is -0.493 e. The maximum atomic E-state index is 11.0. The van der Waals surface area contributed by atoms with Crippen molar-refractivity contribution >= 4 is 21.7 Å². The maximum absolute atomic E-state index is 11.0. The molecule has 0 aliphatic rings. The Morgan fingerprint density at radius 1 is 1.15 bits per heavy atom. The van der Waals surface area contributed by atoms with E-state index in [1.807, 2.05) is 41.2 Å². The number of nitrogens with one attached hydrogen (secondary N) is 1. The van der Waals surface area contributed by atoms with Gasteiger partial charge in [0.15, 0.2) is 18.9 Å². The van der Waals surface area contributed by atoms with E-state index in [4.69, 9.17) is 9.29 Å². The summed E-state index contributed by atoms with van der Waals surface area (Å²) in [4.78, 5) is 11.0. The molecule has 2 rings (SSSR count). The third-order valence-electron chi connectivity index (χ3n) is 3.61. The highest BCUT2D eigenvalue weighted by molar-refractivity contribution is 7.85. The van der Waals surface area contributed by atoms with Gasteiger partial charge in [0.1, 0.15) is 5.75 Å². The van der Waals surface area contributed by atoms with Gasteiger partial charge in [-0.25, -0.2) is 4.57 Å². The maximum Gasteiger partial charge on any atom is 0.265 e. The summed E-state index contributed by atoms with van der Waals surface area (Å²) in [7, 11) is -3.93. The van der Waals surface area contributed by atoms with Crippen molar-refractivity contribution in [3.8, 4) is 5.75 Å². The van der Waals surface area contributed by atoms with Crippen LogP contribution in [0.1, 0.15) is 18.9 Å². The smallest absolute Gasteiger partial charge is 0.265 e. The van der Waals surface area contributed by atoms with E-state index < -0.39 is 10.1 Å². The van der Waals surface area contributed by atoms with Crippen LogP contribution in [-0.4, -0.2) is 31.2 Å². The highest BCUT2D eigenvalue weighted by Crippen LogP contribution is 2.15. The lowest BCUT2D eigenvalue weighted by Gasteiger charge is -2.07. The second kappa shape index (κ2) is 9.30. The van der Waals surface area contributed by atoms with Crippen LogP contribution in [0.3, 0.4) is 0 Å². The number of carbonyl (C=O) groups is 1. The number of anilines is 1. The summed E-state index contributed by atoms with van der Waals surface area (Å²) >= 11 is 0. The molecule has 0 saturated carbocycles. The van der Waals surface area contributed by atoms with Crippen molar-refractivity contribution in [3.63, 3.8) is 0 Å². The molecule has 0 aliphatic carbocycles. The lowest BCUT2D eigenvalue weighted by Crippen LogP contribution is -2.33. The second-order valence-corrected chi connectivity index (χ2v) is 7.46. The molecule has 0 unspecified atom stereocenters. The van der Waals surface area contributed by atoms with Gasteiger partial charge in [0.05, 0.1) is 12.4 Å². The summed E-state index contributed by atoms with van der Waals surface area (Å²) in [5, 5.41) is 2.70. The minimum atomic E-state index is -3.93. The molecule has 140 valence electrons. The van der Waals surface area contributed by atoms with Crippen molar-refractivity contribution in [3.05, 3.63) is 54.4 Å². The van der Waals surface area contributed by atoms with E-state index in [0.29, 0.717) is 6.61 Å². The Bertz CT molecular complexity index is 818. The van der Waals surface area contributed by atoms with Crippen LogP contribution in [0.5, 0.6) is 5.75 Å². The zero-order chi connectivity index (χ0) is 19.0. The quantitative estimate of drug-likeness (QED) is 0.394. The second-order valence-electron chi connectivity index (χ2n) is 5.89. The van der Waals surface area contributed by atoms with Gasteiger partial charge in [-0.05, 0) is 36.2 Å². The summed E-state index contributed by atoms with van der Waals surface area (Å²) < 4.78 is 37.9. The van der Waals surface area contributed by atoms with Crippen LogP contribution in [0.4, 0.5) is 5.69 Å². The van der Waals surface area contributed by atoms with Crippen LogP contribution >= 0.6 is 0 Å². The van der Waals surface area contributed by atoms with Crippen LogP contribution < -0.4 is 14.6 Å². The predicted octanol–water partition coefficient (Wildman–Crippen LogP) is 1.83. The molecule has 26 heavy (non-hydrogen) atoms. The number of aryl methyl sites for hydroxylation is 2. The van der Waals surface area contributed by atoms with Crippen LogP contribution in [0.2, 0.25) is 0 Å². The molecule has 1 aromatic heterocycles. The van der Waals surface area contributed by atoms with E-state index in [-0.39, 0.29) is 18.1 Å². The molecule has 1 heterocycles. The van der Waals surface area contributed by atoms with Crippen LogP contribution in [0, 0.1) is 0 Å². The van der Waals surface area contributed by atoms with Gasteiger partial charge < -0.3 is 10.1 Å². The number of rotatable bonds is 9. The fourth-order valence-corrected chi connectivity index (χ4v) is 2.82. The number of hydrogen-bond donors (Lipinski definition) is 2. The van der Waals surface area contributed by atoms with Gasteiger partial charge in [-0.2, -0.15) is 8.42 Å². The van der Waals surface area contributed by atoms with Gasteiger partial charge in [0.2, 0.25) is 5.91 Å². The van der Waals surface area contributed by atoms with E-state index in [9.17, 15) is 13.2 Å². The molecular formula is C18H23N2O5S+. The third-order valence-corrected chi connectivity index (χ3v) is 4.33. The van der Waals surface area contributed by atoms with Gasteiger partial charge in [0, 0.05) is 31.2 Å². The standard InChI is InChI=1S/C18H22N2O5S/c1-15(21)19-17-3-5-18(6-4-17)25-13-2-10-20-11-7-16(8-12-20)9-14-26(22,23)24/h3-8,11-12H,2,9-10,13-14H2,1H3,(H-,19,21,22,23,24)/p+1. The predicted molar refractivity (Wildman–Crippen MR) is 97.6 cm³/mol. The van der Waals surface area contributed by atoms with Crippen molar-refractivity contribution in [2.45, 2.75) is 26.3 Å². The number of benzene rings is 1. The summed E-state index contributed by atoms with van der Waals surface area (Å²) in [6, 6.07) is 10.9. The van der Waals surface area contributed by atoms with Gasteiger partial charge in [-0.3, -0.25) is 9.35 Å². The molecule has 0 spiro atoms. The van der Waals surface area contributed by atoms with Crippen molar-refractivity contribution in [2.24, 2.45) is 0 Å². The summed E-state index contributed by atoms with van der Waals surface area (Å²) in [5.41, 5.74) is 1.59. The minimum absolute atomic E-state index is 0.111. The van der Waals surface area contributed by atoms with Crippen molar-refractivity contribution in [1.82, 2.24) is 0 Å². The van der Waals surface area contributed by atoms with E-state index in [1.165, 1.54) is 6.92 Å². The van der Waals surface area contributed by atoms with Gasteiger partial charge >= 0.3 is 0 Å². The Balaban J connectivity index is 1.71. The Morgan fingerprint density at radius 3 is 2.38 bits per heavy atom. The number of nitrogens with zero attached hydrogens (tertiary/aromatic N) is 1. The zero-order valence-electron chi connectivity index (χ0n) is 14.6. The summed E-state index contributed by atoms with van der Waals surface area (Å²) in [6.07, 6.45) is 4.85. The summed E-state index contributed by atoms with van der Waals surface area (Å²) in [5.74, 6) is 0.357. The number of hydrogen-bond acceptors (Lipinski definition) is 4. The van der Waals surface area contributed by atoms with Gasteiger partial charge in [-0.15, -0.1) is 0 Å². The number of ether oxygens (including phenoxy) is 1. The highest BCUT2D eigenvalue weighted by Gasteiger charge is 2.07.